The van der Waals surface area contributed by atoms with E-state index < -0.39 is 11.2 Å². The fourth-order valence-corrected chi connectivity index (χ4v) is 1.71. The minimum atomic E-state index is -0.637. The van der Waals surface area contributed by atoms with Crippen LogP contribution in [-0.4, -0.2) is 22.7 Å². The third kappa shape index (κ3) is 1.85. The lowest BCUT2D eigenvalue weighted by atomic mass is 10.2. The van der Waals surface area contributed by atoms with E-state index in [-0.39, 0.29) is 6.61 Å². The highest BCUT2D eigenvalue weighted by Gasteiger charge is 2.13. The monoisotopic (exact) mass is 250 g/mol. The number of fused-ring (bicyclic) bond motifs is 1. The van der Waals surface area contributed by atoms with Gasteiger partial charge in [0.1, 0.15) is 13.2 Å². The van der Waals surface area contributed by atoms with Crippen molar-refractivity contribution in [3.8, 4) is 0 Å². The Labute approximate surface area is 103 Å². The highest BCUT2D eigenvalue weighted by Crippen LogP contribution is 2.05. The third-order valence-corrected chi connectivity index (χ3v) is 2.40. The molecule has 0 bridgehead atoms. The van der Waals surface area contributed by atoms with Gasteiger partial charge in [-0.05, 0) is 26.0 Å². The first-order valence-corrected chi connectivity index (χ1v) is 5.74. The summed E-state index contributed by atoms with van der Waals surface area (Å²) in [5.74, 6) is 0. The van der Waals surface area contributed by atoms with Gasteiger partial charge in [-0.1, -0.05) is 16.9 Å². The number of para-hydroxylation sites is 1. The molecule has 0 saturated heterocycles. The van der Waals surface area contributed by atoms with Crippen LogP contribution in [0.4, 0.5) is 0 Å². The Morgan fingerprint density at radius 2 is 1.61 bits per heavy atom. The van der Waals surface area contributed by atoms with Crippen LogP contribution in [0.3, 0.4) is 0 Å². The maximum Gasteiger partial charge on any atom is 0.398 e. The predicted molar refractivity (Wildman–Crippen MR) is 66.7 cm³/mol. The molecule has 0 N–H and O–H groups in total. The average Bonchev–Trinajstić information content (AvgIpc) is 2.39. The molecule has 1 aromatic carbocycles. The molecule has 96 valence electrons. The zero-order valence-corrected chi connectivity index (χ0v) is 10.3. The summed E-state index contributed by atoms with van der Waals surface area (Å²) in [6, 6.07) is 6.74. The van der Waals surface area contributed by atoms with E-state index in [1.165, 1.54) is 0 Å². The Morgan fingerprint density at radius 3 is 2.28 bits per heavy atom. The SMILES string of the molecule is CCOn1c(=O)c2ccccc2n(OCC)c1=O. The van der Waals surface area contributed by atoms with Crippen molar-refractivity contribution in [3.63, 3.8) is 0 Å². The fourth-order valence-electron chi connectivity index (χ4n) is 1.71. The molecule has 0 aliphatic rings. The molecule has 2 aromatic rings. The topological polar surface area (TPSA) is 62.5 Å². The van der Waals surface area contributed by atoms with E-state index in [4.69, 9.17) is 9.68 Å². The van der Waals surface area contributed by atoms with Gasteiger partial charge in [-0.15, -0.1) is 4.73 Å². The van der Waals surface area contributed by atoms with Crippen LogP contribution >= 0.6 is 0 Å². The van der Waals surface area contributed by atoms with E-state index >= 15 is 0 Å². The quantitative estimate of drug-likeness (QED) is 0.769. The van der Waals surface area contributed by atoms with E-state index in [0.29, 0.717) is 17.5 Å². The maximum absolute atomic E-state index is 12.1. The van der Waals surface area contributed by atoms with Crippen molar-refractivity contribution in [3.05, 3.63) is 45.1 Å². The molecule has 0 spiro atoms. The zero-order chi connectivity index (χ0) is 13.1. The summed E-state index contributed by atoms with van der Waals surface area (Å²) in [6.07, 6.45) is 0. The van der Waals surface area contributed by atoms with Gasteiger partial charge in [-0.2, -0.15) is 0 Å². The number of hydrogen-bond acceptors (Lipinski definition) is 4. The molecule has 0 aliphatic heterocycles. The molecular weight excluding hydrogens is 236 g/mol. The van der Waals surface area contributed by atoms with Gasteiger partial charge in [-0.3, -0.25) is 4.79 Å². The number of aromatic nitrogens is 2. The summed E-state index contributed by atoms with van der Waals surface area (Å²) in [4.78, 5) is 34.4. The first kappa shape index (κ1) is 12.2. The Kier molecular flexibility index (Phi) is 3.36. The van der Waals surface area contributed by atoms with Crippen LogP contribution in [0.5, 0.6) is 0 Å². The molecule has 0 radical (unpaired) electrons. The van der Waals surface area contributed by atoms with Crippen molar-refractivity contribution in [1.29, 1.82) is 0 Å². The number of benzene rings is 1. The molecule has 6 nitrogen and oxygen atoms in total. The lowest BCUT2D eigenvalue weighted by Gasteiger charge is -2.12. The van der Waals surface area contributed by atoms with E-state index in [2.05, 4.69) is 0 Å². The van der Waals surface area contributed by atoms with Crippen molar-refractivity contribution < 1.29 is 9.68 Å². The summed E-state index contributed by atoms with van der Waals surface area (Å²) in [5, 5.41) is 0.374. The highest BCUT2D eigenvalue weighted by atomic mass is 16.7. The minimum Gasteiger partial charge on any atom is -0.409 e. The lowest BCUT2D eigenvalue weighted by molar-refractivity contribution is 0.0615. The molecular formula is C12H14N2O4. The summed E-state index contributed by atoms with van der Waals surface area (Å²) in [7, 11) is 0. The molecule has 0 aliphatic carbocycles. The van der Waals surface area contributed by atoms with Gasteiger partial charge in [-0.25, -0.2) is 4.79 Å². The molecule has 18 heavy (non-hydrogen) atoms. The van der Waals surface area contributed by atoms with E-state index in [1.807, 2.05) is 0 Å². The van der Waals surface area contributed by atoms with Gasteiger partial charge in [0.25, 0.3) is 5.56 Å². The molecule has 1 aromatic heterocycles. The molecule has 1 heterocycles. The molecule has 0 unspecified atom stereocenters. The van der Waals surface area contributed by atoms with Gasteiger partial charge in [0.2, 0.25) is 0 Å². The summed E-state index contributed by atoms with van der Waals surface area (Å²) < 4.78 is 1.80. The van der Waals surface area contributed by atoms with Crippen LogP contribution in [0.15, 0.2) is 33.9 Å². The van der Waals surface area contributed by atoms with Crippen molar-refractivity contribution in [1.82, 2.24) is 9.46 Å². The molecule has 0 atom stereocenters. The van der Waals surface area contributed by atoms with Gasteiger partial charge in [0, 0.05) is 0 Å². The van der Waals surface area contributed by atoms with Crippen LogP contribution < -0.4 is 20.9 Å². The average molecular weight is 250 g/mol. The predicted octanol–water partition coefficient (Wildman–Crippen LogP) is 0.0602. The Balaban J connectivity index is 2.87. The van der Waals surface area contributed by atoms with Crippen molar-refractivity contribution in [2.24, 2.45) is 0 Å². The van der Waals surface area contributed by atoms with E-state index in [0.717, 1.165) is 9.46 Å². The Morgan fingerprint density at radius 1 is 1.00 bits per heavy atom. The highest BCUT2D eigenvalue weighted by molar-refractivity contribution is 5.77. The normalized spacial score (nSPS) is 10.6. The van der Waals surface area contributed by atoms with Crippen molar-refractivity contribution in [2.75, 3.05) is 13.2 Å². The second kappa shape index (κ2) is 4.95. The molecule has 0 amide bonds. The number of hydrogen-bond donors (Lipinski definition) is 0. The number of nitrogens with zero attached hydrogens (tertiary/aromatic N) is 2. The second-order valence-electron chi connectivity index (χ2n) is 3.53. The summed E-state index contributed by atoms with van der Waals surface area (Å²) in [6.45, 7) is 4.00. The largest absolute Gasteiger partial charge is 0.409 e. The van der Waals surface area contributed by atoms with Gasteiger partial charge in [0.15, 0.2) is 0 Å². The van der Waals surface area contributed by atoms with Gasteiger partial charge in [0.05, 0.1) is 10.9 Å². The first-order chi connectivity index (χ1) is 8.70. The van der Waals surface area contributed by atoms with Crippen LogP contribution in [0.1, 0.15) is 13.8 Å². The fraction of sp³-hybridized carbons (Fsp3) is 0.333. The molecule has 2 rings (SSSR count). The first-order valence-electron chi connectivity index (χ1n) is 5.74. The lowest BCUT2D eigenvalue weighted by Crippen LogP contribution is -2.45. The van der Waals surface area contributed by atoms with Crippen LogP contribution in [0.25, 0.3) is 10.9 Å². The third-order valence-electron chi connectivity index (χ3n) is 2.40. The van der Waals surface area contributed by atoms with Crippen LogP contribution in [0, 0.1) is 0 Å². The maximum atomic E-state index is 12.1. The standard InChI is InChI=1S/C12H14N2O4/c1-3-17-13-10-8-6-5-7-9(10)11(15)14(12(13)16)18-4-2/h5-8H,3-4H2,1-2H3. The molecule has 6 heteroatoms. The summed E-state index contributed by atoms with van der Waals surface area (Å²) >= 11 is 0. The summed E-state index contributed by atoms with van der Waals surface area (Å²) in [5.41, 5.74) is -0.680. The molecule has 0 saturated carbocycles. The Hall–Kier alpha value is -2.24. The smallest absolute Gasteiger partial charge is 0.398 e. The zero-order valence-electron chi connectivity index (χ0n) is 10.3. The van der Waals surface area contributed by atoms with Gasteiger partial charge < -0.3 is 9.68 Å². The van der Waals surface area contributed by atoms with Gasteiger partial charge >= 0.3 is 5.69 Å². The van der Waals surface area contributed by atoms with Crippen molar-refractivity contribution >= 4 is 10.9 Å². The van der Waals surface area contributed by atoms with E-state index in [1.54, 1.807) is 38.1 Å². The second-order valence-corrected chi connectivity index (χ2v) is 3.53. The molecule has 0 fully saturated rings. The van der Waals surface area contributed by atoms with E-state index in [9.17, 15) is 9.59 Å². The minimum absolute atomic E-state index is 0.222. The van der Waals surface area contributed by atoms with Crippen LogP contribution in [0.2, 0.25) is 0 Å². The van der Waals surface area contributed by atoms with Crippen molar-refractivity contribution in [2.45, 2.75) is 13.8 Å². The Bertz CT molecular complexity index is 672. The van der Waals surface area contributed by atoms with Crippen LogP contribution in [-0.2, 0) is 0 Å². The number of rotatable bonds is 4.